The smallest absolute Gasteiger partial charge is 0.257 e. The van der Waals surface area contributed by atoms with Gasteiger partial charge in [0.25, 0.3) is 5.91 Å². The van der Waals surface area contributed by atoms with Crippen molar-refractivity contribution in [2.75, 3.05) is 31.5 Å². The molecule has 1 saturated carbocycles. The Morgan fingerprint density at radius 2 is 1.81 bits per heavy atom. The zero-order chi connectivity index (χ0) is 22.7. The molecule has 1 aromatic carbocycles. The molecule has 2 heterocycles. The first kappa shape index (κ1) is 22.4. The van der Waals surface area contributed by atoms with Crippen molar-refractivity contribution in [3.8, 4) is 0 Å². The number of pyridine rings is 1. The van der Waals surface area contributed by atoms with E-state index in [1.54, 1.807) is 12.1 Å². The molecular weight excluding hydrogens is 407 g/mol. The minimum Gasteiger partial charge on any atom is -0.340 e. The average Bonchev–Trinajstić information content (AvgIpc) is 3.32. The molecule has 0 bridgehead atoms. The maximum atomic E-state index is 14.4. The van der Waals surface area contributed by atoms with Crippen molar-refractivity contribution >= 4 is 17.5 Å². The zero-order valence-corrected chi connectivity index (χ0v) is 18.9. The van der Waals surface area contributed by atoms with Crippen LogP contribution in [0.25, 0.3) is 0 Å². The predicted octanol–water partition coefficient (Wildman–Crippen LogP) is 3.92. The number of anilines is 1. The van der Waals surface area contributed by atoms with Gasteiger partial charge in [-0.3, -0.25) is 19.5 Å². The molecule has 1 saturated heterocycles. The third-order valence-corrected chi connectivity index (χ3v) is 6.68. The minimum absolute atomic E-state index is 0.210. The number of halogens is 1. The van der Waals surface area contributed by atoms with Crippen LogP contribution in [0.3, 0.4) is 0 Å². The van der Waals surface area contributed by atoms with Crippen LogP contribution in [0.15, 0.2) is 30.5 Å². The van der Waals surface area contributed by atoms with E-state index < -0.39 is 0 Å². The number of nitrogens with one attached hydrogen (secondary N) is 1. The minimum atomic E-state index is -0.377. The normalized spacial score (nSPS) is 17.5. The van der Waals surface area contributed by atoms with Crippen molar-refractivity contribution < 1.29 is 14.0 Å². The van der Waals surface area contributed by atoms with Gasteiger partial charge in [0.05, 0.1) is 5.56 Å². The largest absolute Gasteiger partial charge is 0.340 e. The lowest BCUT2D eigenvalue weighted by Gasteiger charge is -2.36. The van der Waals surface area contributed by atoms with E-state index in [0.29, 0.717) is 36.8 Å². The number of amides is 2. The van der Waals surface area contributed by atoms with Gasteiger partial charge in [-0.2, -0.15) is 0 Å². The first-order valence-electron chi connectivity index (χ1n) is 11.4. The summed E-state index contributed by atoms with van der Waals surface area (Å²) in [5.74, 6) is -0.171. The molecule has 0 radical (unpaired) electrons. The molecule has 0 atom stereocenters. The Labute approximate surface area is 188 Å². The number of aryl methyl sites for hydroxylation is 1. The predicted molar refractivity (Wildman–Crippen MR) is 122 cm³/mol. The van der Waals surface area contributed by atoms with Gasteiger partial charge in [0.15, 0.2) is 0 Å². The lowest BCUT2D eigenvalue weighted by Crippen LogP contribution is -2.49. The third kappa shape index (κ3) is 5.15. The van der Waals surface area contributed by atoms with E-state index in [1.165, 1.54) is 18.3 Å². The highest BCUT2D eigenvalue weighted by atomic mass is 19.1. The first-order chi connectivity index (χ1) is 15.4. The summed E-state index contributed by atoms with van der Waals surface area (Å²) in [5, 5.41) is 2.83. The molecule has 6 nitrogen and oxygen atoms in total. The molecule has 1 aromatic heterocycles. The lowest BCUT2D eigenvalue weighted by atomic mass is 10.0. The van der Waals surface area contributed by atoms with E-state index in [2.05, 4.69) is 15.2 Å². The monoisotopic (exact) mass is 438 g/mol. The average molecular weight is 439 g/mol. The molecule has 0 spiro atoms. The Bertz CT molecular complexity index is 978. The van der Waals surface area contributed by atoms with Crippen molar-refractivity contribution in [3.63, 3.8) is 0 Å². The summed E-state index contributed by atoms with van der Waals surface area (Å²) in [5.41, 5.74) is 3.43. The van der Waals surface area contributed by atoms with Crippen LogP contribution in [0.5, 0.6) is 0 Å². The fraction of sp³-hybridized carbons (Fsp3) is 0.480. The SMILES string of the molecule is Cc1ccc(C(=O)Nc2cc(F)cc(CN3CCN(C(=O)C4CCCC4)CC3)c2C)cn1. The molecule has 7 heteroatoms. The van der Waals surface area contributed by atoms with E-state index in [4.69, 9.17) is 0 Å². The number of aromatic nitrogens is 1. The van der Waals surface area contributed by atoms with Gasteiger partial charge in [-0.15, -0.1) is 0 Å². The summed E-state index contributed by atoms with van der Waals surface area (Å²) in [7, 11) is 0. The van der Waals surface area contributed by atoms with Crippen molar-refractivity contribution in [1.82, 2.24) is 14.8 Å². The van der Waals surface area contributed by atoms with Crippen molar-refractivity contribution in [1.29, 1.82) is 0 Å². The molecule has 2 fully saturated rings. The summed E-state index contributed by atoms with van der Waals surface area (Å²) in [6, 6.07) is 6.38. The van der Waals surface area contributed by atoms with Gasteiger partial charge >= 0.3 is 0 Å². The quantitative estimate of drug-likeness (QED) is 0.768. The summed E-state index contributed by atoms with van der Waals surface area (Å²) in [6.07, 6.45) is 5.89. The number of rotatable bonds is 5. The van der Waals surface area contributed by atoms with Gasteiger partial charge in [-0.1, -0.05) is 12.8 Å². The first-order valence-corrected chi connectivity index (χ1v) is 11.4. The van der Waals surface area contributed by atoms with Crippen LogP contribution < -0.4 is 5.32 Å². The second kappa shape index (κ2) is 9.77. The third-order valence-electron chi connectivity index (χ3n) is 6.68. The van der Waals surface area contributed by atoms with Crippen molar-refractivity contribution in [2.45, 2.75) is 46.1 Å². The second-order valence-electron chi connectivity index (χ2n) is 8.96. The molecule has 2 amide bonds. The van der Waals surface area contributed by atoms with E-state index in [1.807, 2.05) is 18.7 Å². The van der Waals surface area contributed by atoms with Crippen LogP contribution in [0.1, 0.15) is 52.9 Å². The van der Waals surface area contributed by atoms with Gasteiger partial charge in [-0.05, 0) is 62.1 Å². The zero-order valence-electron chi connectivity index (χ0n) is 18.9. The number of hydrogen-bond acceptors (Lipinski definition) is 4. The van der Waals surface area contributed by atoms with E-state index in [9.17, 15) is 14.0 Å². The van der Waals surface area contributed by atoms with Gasteiger partial charge in [0, 0.05) is 56.2 Å². The van der Waals surface area contributed by atoms with Crippen LogP contribution >= 0.6 is 0 Å². The molecule has 4 rings (SSSR count). The number of nitrogens with zero attached hydrogens (tertiary/aromatic N) is 3. The highest BCUT2D eigenvalue weighted by Crippen LogP contribution is 2.28. The van der Waals surface area contributed by atoms with Crippen LogP contribution in [0, 0.1) is 25.6 Å². The Morgan fingerprint density at radius 3 is 2.47 bits per heavy atom. The van der Waals surface area contributed by atoms with Crippen molar-refractivity contribution in [3.05, 3.63) is 58.7 Å². The van der Waals surface area contributed by atoms with Crippen LogP contribution in [-0.2, 0) is 11.3 Å². The highest BCUT2D eigenvalue weighted by Gasteiger charge is 2.29. The van der Waals surface area contributed by atoms with Gasteiger partial charge in [-0.25, -0.2) is 4.39 Å². The summed E-state index contributed by atoms with van der Waals surface area (Å²) in [4.78, 5) is 33.6. The molecule has 2 aromatic rings. The number of piperazine rings is 1. The maximum Gasteiger partial charge on any atom is 0.257 e. The summed E-state index contributed by atoms with van der Waals surface area (Å²) < 4.78 is 14.4. The number of benzene rings is 1. The molecule has 1 aliphatic heterocycles. The molecule has 32 heavy (non-hydrogen) atoms. The van der Waals surface area contributed by atoms with Gasteiger partial charge in [0.1, 0.15) is 5.82 Å². The van der Waals surface area contributed by atoms with Crippen LogP contribution in [-0.4, -0.2) is 52.8 Å². The standard InChI is InChI=1S/C25H31FN4O2/c1-17-7-8-20(15-27-17)24(31)28-23-14-22(26)13-21(18(23)2)16-29-9-11-30(12-10-29)25(32)19-5-3-4-6-19/h7-8,13-15,19H,3-6,9-12,16H2,1-2H3,(H,28,31). The Balaban J connectivity index is 1.39. The van der Waals surface area contributed by atoms with E-state index in [0.717, 1.165) is 55.6 Å². The van der Waals surface area contributed by atoms with Crippen molar-refractivity contribution in [2.24, 2.45) is 5.92 Å². The lowest BCUT2D eigenvalue weighted by molar-refractivity contribution is -0.137. The maximum absolute atomic E-state index is 14.4. The molecule has 0 unspecified atom stereocenters. The Morgan fingerprint density at radius 1 is 1.09 bits per heavy atom. The molecular formula is C25H31FN4O2. The van der Waals surface area contributed by atoms with Gasteiger partial charge in [0.2, 0.25) is 5.91 Å². The topological polar surface area (TPSA) is 65.5 Å². The second-order valence-corrected chi connectivity index (χ2v) is 8.96. The molecule has 2 aliphatic rings. The number of carbonyl (C=O) groups excluding carboxylic acids is 2. The Kier molecular flexibility index (Phi) is 6.84. The molecule has 170 valence electrons. The molecule has 1 N–H and O–H groups in total. The number of hydrogen-bond donors (Lipinski definition) is 1. The van der Waals surface area contributed by atoms with Gasteiger partial charge < -0.3 is 10.2 Å². The number of carbonyl (C=O) groups is 2. The van der Waals surface area contributed by atoms with Crippen LogP contribution in [0.4, 0.5) is 10.1 Å². The van der Waals surface area contributed by atoms with E-state index in [-0.39, 0.29) is 17.6 Å². The Hall–Kier alpha value is -2.80. The molecule has 1 aliphatic carbocycles. The fourth-order valence-corrected chi connectivity index (χ4v) is 4.62. The highest BCUT2D eigenvalue weighted by molar-refractivity contribution is 6.04. The summed E-state index contributed by atoms with van der Waals surface area (Å²) >= 11 is 0. The fourth-order valence-electron chi connectivity index (χ4n) is 4.62. The van der Waals surface area contributed by atoms with E-state index >= 15 is 0 Å². The summed E-state index contributed by atoms with van der Waals surface area (Å²) in [6.45, 7) is 7.31. The van der Waals surface area contributed by atoms with Crippen LogP contribution in [0.2, 0.25) is 0 Å².